The molecule has 0 heterocycles. The van der Waals surface area contributed by atoms with Gasteiger partial charge in [0.05, 0.1) is 0 Å². The summed E-state index contributed by atoms with van der Waals surface area (Å²) in [6.07, 6.45) is 3.12. The summed E-state index contributed by atoms with van der Waals surface area (Å²) in [4.78, 5) is 8.79. The van der Waals surface area contributed by atoms with Crippen molar-refractivity contribution in [2.24, 2.45) is 15.9 Å². The first-order chi connectivity index (χ1) is 6.07. The zero-order valence-electron chi connectivity index (χ0n) is 9.54. The molecule has 0 aliphatic carbocycles. The minimum absolute atomic E-state index is 0.383. The molecule has 0 aromatic carbocycles. The van der Waals surface area contributed by atoms with Gasteiger partial charge in [-0.2, -0.15) is 0 Å². The summed E-state index contributed by atoms with van der Waals surface area (Å²) in [5.41, 5.74) is 1.18. The number of nitrogens with zero attached hydrogens (tertiary/aromatic N) is 2. The van der Waals surface area contributed by atoms with Crippen molar-refractivity contribution >= 4 is 11.9 Å². The lowest BCUT2D eigenvalue weighted by Crippen LogP contribution is -2.11. The van der Waals surface area contributed by atoms with Crippen molar-refractivity contribution in [3.8, 4) is 0 Å². The monoisotopic (exact) mass is 182 g/mol. The third kappa shape index (κ3) is 6.50. The average Bonchev–Trinajstić information content (AvgIpc) is 2.03. The predicted octanol–water partition coefficient (Wildman–Crippen LogP) is 2.97. The molecule has 0 bridgehead atoms. The smallest absolute Gasteiger partial charge is 0.0442 e. The van der Waals surface area contributed by atoms with Crippen LogP contribution in [0.4, 0.5) is 0 Å². The maximum absolute atomic E-state index is 4.48. The molecule has 0 amide bonds. The van der Waals surface area contributed by atoms with Crippen molar-refractivity contribution in [3.63, 3.8) is 0 Å². The molecule has 0 saturated heterocycles. The second kappa shape index (κ2) is 6.81. The number of hydrogen-bond acceptors (Lipinski definition) is 2. The fraction of sp³-hybridized carbons (Fsp3) is 0.818. The molecule has 13 heavy (non-hydrogen) atoms. The number of aliphatic imine (C=N–C) groups is 2. The highest BCUT2D eigenvalue weighted by Gasteiger charge is 2.01. The molecule has 0 saturated carbocycles. The molecule has 1 unspecified atom stereocenters. The number of rotatable bonds is 5. The van der Waals surface area contributed by atoms with Gasteiger partial charge in [0.25, 0.3) is 0 Å². The predicted molar refractivity (Wildman–Crippen MR) is 61.1 cm³/mol. The summed E-state index contributed by atoms with van der Waals surface area (Å²) < 4.78 is 0. The quantitative estimate of drug-likeness (QED) is 0.584. The third-order valence-corrected chi connectivity index (χ3v) is 1.80. The highest BCUT2D eigenvalue weighted by molar-refractivity contribution is 5.96. The first-order valence-corrected chi connectivity index (χ1v) is 5.12. The zero-order valence-corrected chi connectivity index (χ0v) is 9.54. The van der Waals surface area contributed by atoms with Gasteiger partial charge in [0, 0.05) is 30.4 Å². The Balaban J connectivity index is 4.02. The largest absolute Gasteiger partial charge is 0.297 e. The molecular formula is C11H22N2. The Labute approximate surface area is 82.2 Å². The lowest BCUT2D eigenvalue weighted by Gasteiger charge is -2.06. The van der Waals surface area contributed by atoms with E-state index in [1.165, 1.54) is 5.71 Å². The summed E-state index contributed by atoms with van der Waals surface area (Å²) in [7, 11) is 0. The highest BCUT2D eigenvalue weighted by atomic mass is 14.8. The van der Waals surface area contributed by atoms with Crippen LogP contribution < -0.4 is 0 Å². The first kappa shape index (κ1) is 12.3. The van der Waals surface area contributed by atoms with E-state index < -0.39 is 0 Å². The summed E-state index contributed by atoms with van der Waals surface area (Å²) in [6, 6.07) is 0.391. The van der Waals surface area contributed by atoms with Crippen LogP contribution in [0.5, 0.6) is 0 Å². The van der Waals surface area contributed by atoms with Gasteiger partial charge < -0.3 is 0 Å². The Hall–Kier alpha value is -0.660. The van der Waals surface area contributed by atoms with Crippen LogP contribution >= 0.6 is 0 Å². The van der Waals surface area contributed by atoms with Gasteiger partial charge in [-0.15, -0.1) is 0 Å². The fourth-order valence-corrected chi connectivity index (χ4v) is 0.994. The minimum Gasteiger partial charge on any atom is -0.297 e. The van der Waals surface area contributed by atoms with Crippen LogP contribution in [0.1, 0.15) is 41.0 Å². The van der Waals surface area contributed by atoms with Crippen LogP contribution in [0.25, 0.3) is 0 Å². The molecular weight excluding hydrogens is 160 g/mol. The highest BCUT2D eigenvalue weighted by Crippen LogP contribution is 1.99. The molecule has 1 atom stereocenters. The molecule has 0 N–H and O–H groups in total. The van der Waals surface area contributed by atoms with Gasteiger partial charge >= 0.3 is 0 Å². The molecule has 0 aliphatic heterocycles. The Bertz CT molecular complexity index is 181. The topological polar surface area (TPSA) is 24.7 Å². The molecule has 2 heteroatoms. The van der Waals surface area contributed by atoms with Crippen LogP contribution in [0.2, 0.25) is 0 Å². The molecule has 2 nitrogen and oxygen atoms in total. The standard InChI is InChI=1S/C11H22N2/c1-6-7-12-8-10(4)11(5)13-9(2)3/h8-10H,6-7H2,1-5H3. The summed E-state index contributed by atoms with van der Waals surface area (Å²) in [5.74, 6) is 0.383. The van der Waals surface area contributed by atoms with Gasteiger partial charge in [0.15, 0.2) is 0 Å². The lowest BCUT2D eigenvalue weighted by atomic mass is 10.1. The van der Waals surface area contributed by atoms with E-state index >= 15 is 0 Å². The maximum atomic E-state index is 4.48. The van der Waals surface area contributed by atoms with E-state index in [2.05, 4.69) is 44.6 Å². The second-order valence-electron chi connectivity index (χ2n) is 3.71. The Morgan fingerprint density at radius 1 is 1.31 bits per heavy atom. The van der Waals surface area contributed by atoms with Crippen molar-refractivity contribution in [2.75, 3.05) is 6.54 Å². The molecule has 0 spiro atoms. The molecule has 0 fully saturated rings. The van der Waals surface area contributed by atoms with Crippen LogP contribution in [0.3, 0.4) is 0 Å². The van der Waals surface area contributed by atoms with Gasteiger partial charge in [0.2, 0.25) is 0 Å². The van der Waals surface area contributed by atoms with Crippen molar-refractivity contribution in [2.45, 2.75) is 47.1 Å². The SMILES string of the molecule is CCCN=CC(C)C(C)=NC(C)C. The van der Waals surface area contributed by atoms with E-state index in [-0.39, 0.29) is 0 Å². The van der Waals surface area contributed by atoms with Crippen LogP contribution in [0, 0.1) is 5.92 Å². The van der Waals surface area contributed by atoms with E-state index in [9.17, 15) is 0 Å². The minimum atomic E-state index is 0.383. The van der Waals surface area contributed by atoms with Gasteiger partial charge in [0.1, 0.15) is 0 Å². The van der Waals surface area contributed by atoms with Crippen LogP contribution in [-0.2, 0) is 0 Å². The Morgan fingerprint density at radius 2 is 1.92 bits per heavy atom. The van der Waals surface area contributed by atoms with E-state index in [0.29, 0.717) is 12.0 Å². The van der Waals surface area contributed by atoms with Crippen LogP contribution in [-0.4, -0.2) is 24.5 Å². The van der Waals surface area contributed by atoms with Crippen molar-refractivity contribution in [1.29, 1.82) is 0 Å². The average molecular weight is 182 g/mol. The fourth-order valence-electron chi connectivity index (χ4n) is 0.994. The van der Waals surface area contributed by atoms with E-state index in [4.69, 9.17) is 0 Å². The summed E-state index contributed by atoms with van der Waals surface area (Å²) >= 11 is 0. The van der Waals surface area contributed by atoms with Crippen molar-refractivity contribution in [1.82, 2.24) is 0 Å². The second-order valence-corrected chi connectivity index (χ2v) is 3.71. The molecule has 0 aromatic rings. The van der Waals surface area contributed by atoms with Gasteiger partial charge in [-0.05, 0) is 27.2 Å². The summed E-state index contributed by atoms with van der Waals surface area (Å²) in [5, 5.41) is 0. The third-order valence-electron chi connectivity index (χ3n) is 1.80. The van der Waals surface area contributed by atoms with Crippen molar-refractivity contribution in [3.05, 3.63) is 0 Å². The molecule has 0 aliphatic rings. The van der Waals surface area contributed by atoms with Crippen molar-refractivity contribution < 1.29 is 0 Å². The van der Waals surface area contributed by atoms with Crippen LogP contribution in [0.15, 0.2) is 9.98 Å². The lowest BCUT2D eigenvalue weighted by molar-refractivity contribution is 0.821. The maximum Gasteiger partial charge on any atom is 0.0442 e. The molecule has 76 valence electrons. The van der Waals surface area contributed by atoms with E-state index in [0.717, 1.165) is 13.0 Å². The Morgan fingerprint density at radius 3 is 2.38 bits per heavy atom. The normalized spacial score (nSPS) is 15.7. The summed E-state index contributed by atoms with van der Waals surface area (Å²) in [6.45, 7) is 11.5. The number of hydrogen-bond donors (Lipinski definition) is 0. The van der Waals surface area contributed by atoms with Gasteiger partial charge in [-0.1, -0.05) is 13.8 Å². The zero-order chi connectivity index (χ0) is 10.3. The molecule has 0 aromatic heterocycles. The Kier molecular flexibility index (Phi) is 6.47. The molecule has 0 rings (SSSR count). The molecule has 0 radical (unpaired) electrons. The van der Waals surface area contributed by atoms with E-state index in [1.54, 1.807) is 0 Å². The van der Waals surface area contributed by atoms with Gasteiger partial charge in [-0.25, -0.2) is 0 Å². The first-order valence-electron chi connectivity index (χ1n) is 5.12. The van der Waals surface area contributed by atoms with Gasteiger partial charge in [-0.3, -0.25) is 9.98 Å². The van der Waals surface area contributed by atoms with E-state index in [1.807, 2.05) is 6.21 Å².